The highest BCUT2D eigenvalue weighted by Crippen LogP contribution is 2.38. The van der Waals surface area contributed by atoms with Crippen molar-refractivity contribution < 1.29 is 13.2 Å². The Balaban J connectivity index is 2.17. The molecule has 0 aliphatic heterocycles. The lowest BCUT2D eigenvalue weighted by Crippen LogP contribution is -2.16. The lowest BCUT2D eigenvalue weighted by Gasteiger charge is -2.19. The minimum absolute atomic E-state index is 0.0328. The van der Waals surface area contributed by atoms with Gasteiger partial charge in [-0.05, 0) is 71.4 Å². The number of anilines is 3. The average Bonchev–Trinajstić information content (AvgIpc) is 2.73. The van der Waals surface area contributed by atoms with E-state index < -0.39 is 15.1 Å². The molecule has 2 aromatic carbocycles. The fourth-order valence-electron chi connectivity index (χ4n) is 3.31. The summed E-state index contributed by atoms with van der Waals surface area (Å²) in [5, 5.41) is 2.61. The van der Waals surface area contributed by atoms with E-state index in [9.17, 15) is 8.42 Å². The molecule has 0 amide bonds. The number of rotatable bonds is 7. The highest BCUT2D eigenvalue weighted by Gasteiger charge is 2.24. The molecule has 3 rings (SSSR count). The molecular formula is C24H29BrN4O3S. The molecule has 33 heavy (non-hydrogen) atoms. The van der Waals surface area contributed by atoms with Crippen LogP contribution >= 0.6 is 15.9 Å². The van der Waals surface area contributed by atoms with Crippen LogP contribution in [0.4, 0.5) is 17.5 Å². The highest BCUT2D eigenvalue weighted by molar-refractivity contribution is 9.10. The Bertz CT molecular complexity index is 1290. The molecule has 0 fully saturated rings. The van der Waals surface area contributed by atoms with Gasteiger partial charge in [-0.3, -0.25) is 0 Å². The van der Waals surface area contributed by atoms with Gasteiger partial charge in [0.25, 0.3) is 0 Å². The van der Waals surface area contributed by atoms with E-state index in [0.29, 0.717) is 28.5 Å². The van der Waals surface area contributed by atoms with Gasteiger partial charge in [0.2, 0.25) is 5.95 Å². The van der Waals surface area contributed by atoms with E-state index in [1.54, 1.807) is 38.1 Å². The van der Waals surface area contributed by atoms with Crippen molar-refractivity contribution in [3.05, 3.63) is 52.0 Å². The number of para-hydroxylation sites is 1. The van der Waals surface area contributed by atoms with Crippen LogP contribution < -0.4 is 15.8 Å². The number of nitrogen functional groups attached to an aromatic ring is 1. The quantitative estimate of drug-likeness (QED) is 0.394. The molecule has 9 heteroatoms. The van der Waals surface area contributed by atoms with E-state index in [4.69, 9.17) is 10.5 Å². The van der Waals surface area contributed by atoms with Crippen LogP contribution in [-0.4, -0.2) is 29.7 Å². The van der Waals surface area contributed by atoms with Gasteiger partial charge in [-0.1, -0.05) is 28.1 Å². The van der Waals surface area contributed by atoms with Crippen LogP contribution in [0.25, 0.3) is 11.3 Å². The lowest BCUT2D eigenvalue weighted by atomic mass is 10.0. The maximum absolute atomic E-state index is 12.9. The van der Waals surface area contributed by atoms with Gasteiger partial charge in [-0.15, -0.1) is 0 Å². The van der Waals surface area contributed by atoms with Crippen LogP contribution in [0.15, 0.2) is 45.8 Å². The predicted octanol–water partition coefficient (Wildman–Crippen LogP) is 5.82. The molecule has 1 heterocycles. The first-order valence-corrected chi connectivity index (χ1v) is 13.0. The van der Waals surface area contributed by atoms with Gasteiger partial charge in [0.15, 0.2) is 9.84 Å². The first-order valence-electron chi connectivity index (χ1n) is 10.6. The second kappa shape index (κ2) is 9.69. The van der Waals surface area contributed by atoms with Gasteiger partial charge in [-0.25, -0.2) is 13.4 Å². The molecule has 0 saturated carbocycles. The molecule has 0 saturated heterocycles. The van der Waals surface area contributed by atoms with Crippen molar-refractivity contribution >= 4 is 43.2 Å². The van der Waals surface area contributed by atoms with Gasteiger partial charge >= 0.3 is 0 Å². The maximum atomic E-state index is 12.9. The van der Waals surface area contributed by atoms with E-state index in [0.717, 1.165) is 15.6 Å². The Morgan fingerprint density at radius 3 is 2.36 bits per heavy atom. The van der Waals surface area contributed by atoms with Gasteiger partial charge in [0.1, 0.15) is 11.6 Å². The maximum Gasteiger partial charge on any atom is 0.222 e. The Morgan fingerprint density at radius 2 is 1.73 bits per heavy atom. The smallest absolute Gasteiger partial charge is 0.222 e. The second-order valence-electron chi connectivity index (χ2n) is 8.38. The Labute approximate surface area is 203 Å². The molecule has 0 atom stereocenters. The van der Waals surface area contributed by atoms with Crippen LogP contribution in [0.5, 0.6) is 5.75 Å². The Kier molecular flexibility index (Phi) is 7.33. The zero-order valence-corrected chi connectivity index (χ0v) is 22.0. The van der Waals surface area contributed by atoms with Crippen molar-refractivity contribution in [1.82, 2.24) is 9.97 Å². The SMILES string of the molecule is Cc1cc(OC(C)C)c(-c2nc(N)nc(Nc3ccccc3S(=O)(=O)C(C)C)c2C)cc1Br. The Morgan fingerprint density at radius 1 is 1.06 bits per heavy atom. The van der Waals surface area contributed by atoms with Crippen molar-refractivity contribution in [1.29, 1.82) is 0 Å². The van der Waals surface area contributed by atoms with Crippen molar-refractivity contribution in [3.63, 3.8) is 0 Å². The molecule has 0 radical (unpaired) electrons. The van der Waals surface area contributed by atoms with Gasteiger partial charge < -0.3 is 15.8 Å². The number of nitrogens with one attached hydrogen (secondary N) is 1. The number of hydrogen-bond acceptors (Lipinski definition) is 7. The van der Waals surface area contributed by atoms with Crippen molar-refractivity contribution in [3.8, 4) is 17.0 Å². The summed E-state index contributed by atoms with van der Waals surface area (Å²) < 4.78 is 32.7. The summed E-state index contributed by atoms with van der Waals surface area (Å²) in [6.45, 7) is 11.1. The fraction of sp³-hybridized carbons (Fsp3) is 0.333. The number of sulfone groups is 1. The monoisotopic (exact) mass is 532 g/mol. The van der Waals surface area contributed by atoms with E-state index in [1.165, 1.54) is 0 Å². The minimum atomic E-state index is -3.51. The molecule has 7 nitrogen and oxygen atoms in total. The molecule has 0 aliphatic rings. The minimum Gasteiger partial charge on any atom is -0.490 e. The average molecular weight is 533 g/mol. The number of benzene rings is 2. The predicted molar refractivity (Wildman–Crippen MR) is 137 cm³/mol. The van der Waals surface area contributed by atoms with E-state index in [2.05, 4.69) is 31.2 Å². The van der Waals surface area contributed by atoms with Crippen LogP contribution in [0.2, 0.25) is 0 Å². The zero-order valence-electron chi connectivity index (χ0n) is 19.6. The van der Waals surface area contributed by atoms with Crippen molar-refractivity contribution in [2.24, 2.45) is 0 Å². The van der Waals surface area contributed by atoms with Crippen LogP contribution in [0.1, 0.15) is 38.8 Å². The summed E-state index contributed by atoms with van der Waals surface area (Å²) in [7, 11) is -3.51. The third-order valence-corrected chi connectivity index (χ3v) is 8.17. The Hall–Kier alpha value is -2.65. The first kappa shape index (κ1) is 25.0. The molecule has 0 bridgehead atoms. The second-order valence-corrected chi connectivity index (χ2v) is 11.7. The summed E-state index contributed by atoms with van der Waals surface area (Å²) in [6.07, 6.45) is -0.0328. The third-order valence-electron chi connectivity index (χ3n) is 5.11. The molecule has 1 aromatic heterocycles. The standard InChI is InChI=1S/C24H29BrN4O3S/c1-13(2)32-20-11-15(5)18(25)12-17(20)22-16(6)23(29-24(26)28-22)27-19-9-7-8-10-21(19)33(30,31)14(3)4/h7-14H,1-6H3,(H3,26,27,28,29). The third kappa shape index (κ3) is 5.30. The lowest BCUT2D eigenvalue weighted by molar-refractivity contribution is 0.243. The van der Waals surface area contributed by atoms with Crippen LogP contribution in [-0.2, 0) is 9.84 Å². The molecule has 3 aromatic rings. The number of nitrogens with two attached hydrogens (primary N) is 1. The van der Waals surface area contributed by atoms with E-state index in [-0.39, 0.29) is 16.9 Å². The van der Waals surface area contributed by atoms with E-state index in [1.807, 2.05) is 39.8 Å². The normalized spacial score (nSPS) is 11.8. The molecule has 176 valence electrons. The molecule has 0 aliphatic carbocycles. The summed E-state index contributed by atoms with van der Waals surface area (Å²) >= 11 is 3.59. The number of aromatic nitrogens is 2. The number of aryl methyl sites for hydroxylation is 1. The van der Waals surface area contributed by atoms with E-state index >= 15 is 0 Å². The zero-order chi connectivity index (χ0) is 24.5. The largest absolute Gasteiger partial charge is 0.490 e. The number of ether oxygens (including phenoxy) is 1. The fourth-order valence-corrected chi connectivity index (χ4v) is 4.85. The van der Waals surface area contributed by atoms with Gasteiger partial charge in [0, 0.05) is 15.6 Å². The van der Waals surface area contributed by atoms with Gasteiger partial charge in [0.05, 0.1) is 27.6 Å². The summed E-state index contributed by atoms with van der Waals surface area (Å²) in [5.74, 6) is 1.17. The topological polar surface area (TPSA) is 107 Å². The number of nitrogens with zero attached hydrogens (tertiary/aromatic N) is 2. The molecular weight excluding hydrogens is 504 g/mol. The number of hydrogen-bond donors (Lipinski definition) is 2. The molecule has 3 N–H and O–H groups in total. The molecule has 0 unspecified atom stereocenters. The molecule has 0 spiro atoms. The first-order chi connectivity index (χ1) is 15.4. The van der Waals surface area contributed by atoms with Crippen molar-refractivity contribution in [2.45, 2.75) is 57.8 Å². The summed E-state index contributed by atoms with van der Waals surface area (Å²) in [5.41, 5.74) is 9.62. The highest BCUT2D eigenvalue weighted by atomic mass is 79.9. The summed E-state index contributed by atoms with van der Waals surface area (Å²) in [4.78, 5) is 9.06. The summed E-state index contributed by atoms with van der Waals surface area (Å²) in [6, 6.07) is 10.7. The number of halogens is 1. The van der Waals surface area contributed by atoms with Crippen LogP contribution in [0, 0.1) is 13.8 Å². The van der Waals surface area contributed by atoms with Gasteiger partial charge in [-0.2, -0.15) is 4.98 Å². The van der Waals surface area contributed by atoms with Crippen molar-refractivity contribution in [2.75, 3.05) is 11.1 Å². The van der Waals surface area contributed by atoms with Crippen LogP contribution in [0.3, 0.4) is 0 Å².